The second-order valence-corrected chi connectivity index (χ2v) is 11.2. The molecule has 0 spiro atoms. The third kappa shape index (κ3) is 5.82. The number of ether oxygens (including phenoxy) is 2. The number of aromatic nitrogens is 3. The highest BCUT2D eigenvalue weighted by atomic mass is 19.1. The van der Waals surface area contributed by atoms with Crippen LogP contribution >= 0.6 is 0 Å². The summed E-state index contributed by atoms with van der Waals surface area (Å²) in [5.74, 6) is -0.377. The lowest BCUT2D eigenvalue weighted by molar-refractivity contribution is -0.0602. The summed E-state index contributed by atoms with van der Waals surface area (Å²) in [4.78, 5) is 26.6. The number of rotatable bonds is 9. The van der Waals surface area contributed by atoms with Gasteiger partial charge in [0.25, 0.3) is 0 Å². The number of pyridine rings is 1. The first-order chi connectivity index (χ1) is 20.7. The maximum absolute atomic E-state index is 14.3. The molecular formula is C32H32FN5O5. The van der Waals surface area contributed by atoms with Crippen molar-refractivity contribution < 1.29 is 28.9 Å². The maximum atomic E-state index is 14.3. The molecule has 0 saturated carbocycles. The van der Waals surface area contributed by atoms with Gasteiger partial charge in [-0.05, 0) is 56.5 Å². The fourth-order valence-electron chi connectivity index (χ4n) is 5.75. The minimum absolute atomic E-state index is 0.0505. The van der Waals surface area contributed by atoms with Crippen molar-refractivity contribution in [1.29, 1.82) is 0 Å². The summed E-state index contributed by atoms with van der Waals surface area (Å²) in [6.45, 7) is 11.5. The first kappa shape index (κ1) is 28.7. The van der Waals surface area contributed by atoms with Gasteiger partial charge in [-0.1, -0.05) is 18.2 Å². The van der Waals surface area contributed by atoms with E-state index < -0.39 is 17.4 Å². The Labute approximate surface area is 248 Å². The summed E-state index contributed by atoms with van der Waals surface area (Å²) in [5, 5.41) is 21.2. The normalized spacial score (nSPS) is 19.0. The quantitative estimate of drug-likeness (QED) is 0.257. The Bertz CT molecular complexity index is 1700. The van der Waals surface area contributed by atoms with Crippen molar-refractivity contribution in [2.75, 3.05) is 19.7 Å². The number of carboxylic acids is 1. The molecule has 6 rings (SSSR count). The molecule has 1 unspecified atom stereocenters. The number of aliphatic hydroxyl groups is 1. The molecule has 2 N–H and O–H groups in total. The third-order valence-electron chi connectivity index (χ3n) is 8.49. The van der Waals surface area contributed by atoms with E-state index >= 15 is 0 Å². The van der Waals surface area contributed by atoms with Gasteiger partial charge in [-0.25, -0.2) is 24.0 Å². The summed E-state index contributed by atoms with van der Waals surface area (Å²) < 4.78 is 27.8. The highest BCUT2D eigenvalue weighted by Crippen LogP contribution is 2.36. The molecule has 2 atom stereocenters. The van der Waals surface area contributed by atoms with E-state index in [0.717, 1.165) is 29.9 Å². The number of nitrogens with zero attached hydrogens (tertiary/aromatic N) is 5. The van der Waals surface area contributed by atoms with Gasteiger partial charge in [-0.15, -0.1) is 0 Å². The summed E-state index contributed by atoms with van der Waals surface area (Å²) in [6.07, 6.45) is 1.89. The van der Waals surface area contributed by atoms with E-state index in [9.17, 15) is 19.4 Å². The van der Waals surface area contributed by atoms with Gasteiger partial charge in [0, 0.05) is 31.3 Å². The second kappa shape index (κ2) is 11.7. The highest BCUT2D eigenvalue weighted by Gasteiger charge is 2.38. The summed E-state index contributed by atoms with van der Waals surface area (Å²) in [6, 6.07) is 14.4. The number of imidazole rings is 1. The number of carboxylic acid groups (broad SMARTS) is 1. The lowest BCUT2D eigenvalue weighted by Crippen LogP contribution is -2.44. The standard InChI is InChI=1S/C32H32FN5O5/c1-20(30-35-26-9-7-21(31(39)40)16-27(26)38(30)18-24-10-15-42-24)37-13-11-32(41,12-14-37)28-4-3-5-29(36-28)43-19-22-6-8-23(34-2)17-25(22)33/h3-9,16-17,20,24,41H,10-15,18-19H2,1H3,(H,39,40)/t20?,24-/m0/s1. The molecule has 11 heteroatoms. The molecule has 0 radical (unpaired) electrons. The smallest absolute Gasteiger partial charge is 0.335 e. The number of halogens is 1. The van der Waals surface area contributed by atoms with Gasteiger partial charge in [-0.3, -0.25) is 4.90 Å². The maximum Gasteiger partial charge on any atom is 0.335 e. The van der Waals surface area contributed by atoms with Gasteiger partial charge in [0.15, 0.2) is 5.69 Å². The Morgan fingerprint density at radius 1 is 1.21 bits per heavy atom. The van der Waals surface area contributed by atoms with Crippen molar-refractivity contribution in [3.8, 4) is 5.88 Å². The highest BCUT2D eigenvalue weighted by molar-refractivity contribution is 5.92. The molecule has 4 heterocycles. The van der Waals surface area contributed by atoms with E-state index in [2.05, 4.69) is 26.2 Å². The van der Waals surface area contributed by atoms with Crippen molar-refractivity contribution in [2.45, 2.75) is 57.1 Å². The monoisotopic (exact) mass is 585 g/mol. The molecule has 2 fully saturated rings. The van der Waals surface area contributed by atoms with Gasteiger partial charge >= 0.3 is 5.97 Å². The van der Waals surface area contributed by atoms with Crippen LogP contribution in [-0.2, 0) is 23.5 Å². The van der Waals surface area contributed by atoms with Gasteiger partial charge in [-0.2, -0.15) is 0 Å². The van der Waals surface area contributed by atoms with Crippen LogP contribution in [0.2, 0.25) is 0 Å². The largest absolute Gasteiger partial charge is 0.478 e. The van der Waals surface area contributed by atoms with Crippen LogP contribution in [0, 0.1) is 12.4 Å². The number of carbonyl (C=O) groups is 1. The van der Waals surface area contributed by atoms with Crippen LogP contribution < -0.4 is 4.74 Å². The van der Waals surface area contributed by atoms with E-state index in [0.29, 0.717) is 43.7 Å². The number of aromatic carboxylic acids is 1. The van der Waals surface area contributed by atoms with Crippen molar-refractivity contribution >= 4 is 22.7 Å². The topological polar surface area (TPSA) is 114 Å². The Balaban J connectivity index is 1.16. The predicted octanol–water partition coefficient (Wildman–Crippen LogP) is 5.23. The lowest BCUT2D eigenvalue weighted by Gasteiger charge is -2.40. The van der Waals surface area contributed by atoms with Crippen LogP contribution in [0.25, 0.3) is 15.9 Å². The second-order valence-electron chi connectivity index (χ2n) is 11.2. The van der Waals surface area contributed by atoms with Gasteiger partial charge in [0.1, 0.15) is 23.8 Å². The SMILES string of the molecule is [C-]#[N+]c1ccc(COc2cccc(C3(O)CCN(C(C)c4nc5ccc(C(=O)O)cc5n4C[C@@H]4CCO4)CC3)n2)c(F)c1. The molecule has 222 valence electrons. The molecule has 2 aliphatic rings. The van der Waals surface area contributed by atoms with Crippen LogP contribution in [0.1, 0.15) is 59.7 Å². The summed E-state index contributed by atoms with van der Waals surface area (Å²) in [7, 11) is 0. The fraction of sp³-hybridized carbons (Fsp3) is 0.375. The summed E-state index contributed by atoms with van der Waals surface area (Å²) >= 11 is 0. The molecule has 4 aromatic rings. The molecule has 2 aromatic heterocycles. The molecule has 0 aliphatic carbocycles. The number of hydrogen-bond donors (Lipinski definition) is 2. The van der Waals surface area contributed by atoms with Crippen LogP contribution in [-0.4, -0.2) is 61.4 Å². The van der Waals surface area contributed by atoms with Gasteiger partial charge in [0.05, 0.1) is 47.6 Å². The van der Waals surface area contributed by atoms with Crippen molar-refractivity contribution in [3.63, 3.8) is 0 Å². The van der Waals surface area contributed by atoms with Gasteiger partial charge in [0.2, 0.25) is 5.88 Å². The van der Waals surface area contributed by atoms with Crippen molar-refractivity contribution in [1.82, 2.24) is 19.4 Å². The first-order valence-electron chi connectivity index (χ1n) is 14.3. The molecular weight excluding hydrogens is 553 g/mol. The number of piperidine rings is 1. The van der Waals surface area contributed by atoms with Crippen LogP contribution in [0.5, 0.6) is 5.88 Å². The molecule has 2 aromatic carbocycles. The van der Waals surface area contributed by atoms with Crippen LogP contribution in [0.4, 0.5) is 10.1 Å². The Morgan fingerprint density at radius 3 is 2.67 bits per heavy atom. The Hall–Kier alpha value is -4.37. The molecule has 2 aliphatic heterocycles. The lowest BCUT2D eigenvalue weighted by atomic mass is 9.87. The van der Waals surface area contributed by atoms with Crippen LogP contribution in [0.15, 0.2) is 54.6 Å². The zero-order valence-corrected chi connectivity index (χ0v) is 23.7. The van der Waals surface area contributed by atoms with E-state index in [1.54, 1.807) is 42.5 Å². The van der Waals surface area contributed by atoms with Crippen molar-refractivity contribution in [2.24, 2.45) is 0 Å². The zero-order valence-electron chi connectivity index (χ0n) is 23.7. The van der Waals surface area contributed by atoms with Gasteiger partial charge < -0.3 is 24.3 Å². The van der Waals surface area contributed by atoms with Crippen molar-refractivity contribution in [3.05, 3.63) is 94.5 Å². The minimum atomic E-state index is -1.16. The Morgan fingerprint density at radius 2 is 2.00 bits per heavy atom. The van der Waals surface area contributed by atoms with E-state index in [-0.39, 0.29) is 35.9 Å². The molecule has 0 amide bonds. The first-order valence-corrected chi connectivity index (χ1v) is 14.3. The molecule has 10 nitrogen and oxygen atoms in total. The van der Waals surface area contributed by atoms with Crippen LogP contribution in [0.3, 0.4) is 0 Å². The minimum Gasteiger partial charge on any atom is -0.478 e. The summed E-state index contributed by atoms with van der Waals surface area (Å²) in [5.41, 5.74) is 1.60. The molecule has 0 bridgehead atoms. The number of fused-ring (bicyclic) bond motifs is 1. The van der Waals surface area contributed by atoms with E-state index in [1.165, 1.54) is 12.1 Å². The predicted molar refractivity (Wildman–Crippen MR) is 155 cm³/mol. The average Bonchev–Trinajstić information content (AvgIpc) is 3.36. The molecule has 43 heavy (non-hydrogen) atoms. The zero-order chi connectivity index (χ0) is 30.1. The van der Waals surface area contributed by atoms with E-state index in [1.807, 2.05) is 0 Å². The molecule has 2 saturated heterocycles. The Kier molecular flexibility index (Phi) is 7.83. The number of hydrogen-bond acceptors (Lipinski definition) is 7. The fourth-order valence-corrected chi connectivity index (χ4v) is 5.75. The third-order valence-corrected chi connectivity index (χ3v) is 8.49. The number of likely N-dealkylation sites (tertiary alicyclic amines) is 1. The van der Waals surface area contributed by atoms with E-state index in [4.69, 9.17) is 21.0 Å². The average molecular weight is 586 g/mol. The number of benzene rings is 2.